The number of hydrogen-bond acceptors (Lipinski definition) is 6. The predicted octanol–water partition coefficient (Wildman–Crippen LogP) is 4.04. The van der Waals surface area contributed by atoms with E-state index < -0.39 is 11.6 Å². The number of carbonyl (C=O) groups is 4. The van der Waals surface area contributed by atoms with Crippen LogP contribution in [-0.4, -0.2) is 67.5 Å². The topological polar surface area (TPSA) is 143 Å². The molecule has 0 radical (unpaired) electrons. The lowest BCUT2D eigenvalue weighted by Gasteiger charge is -2.33. The minimum Gasteiger partial charge on any atom is -0.338 e. The molecule has 13 heteroatoms. The van der Waals surface area contributed by atoms with Crippen molar-refractivity contribution in [2.24, 2.45) is 0 Å². The van der Waals surface area contributed by atoms with Gasteiger partial charge >= 0.3 is 6.03 Å². The first-order valence-corrected chi connectivity index (χ1v) is 15.4. The van der Waals surface area contributed by atoms with Crippen LogP contribution in [0.5, 0.6) is 0 Å². The van der Waals surface area contributed by atoms with E-state index in [0.717, 1.165) is 10.8 Å². The number of rotatable bonds is 7. The second kappa shape index (κ2) is 12.6. The molecule has 5 amide bonds. The van der Waals surface area contributed by atoms with Crippen molar-refractivity contribution in [3.8, 4) is 0 Å². The Morgan fingerprint density at radius 3 is 2.49 bits per heavy atom. The molecular weight excluding hydrogens is 600 g/mol. The number of nitrogens with zero attached hydrogens (tertiary/aromatic N) is 6. The lowest BCUT2D eigenvalue weighted by molar-refractivity contribution is -0.123. The third-order valence-corrected chi connectivity index (χ3v) is 8.93. The van der Waals surface area contributed by atoms with Crippen molar-refractivity contribution in [1.29, 1.82) is 0 Å². The molecule has 13 nitrogen and oxygen atoms in total. The zero-order valence-electron chi connectivity index (χ0n) is 26.1. The van der Waals surface area contributed by atoms with Gasteiger partial charge in [0.15, 0.2) is 5.69 Å². The molecule has 0 aliphatic carbocycles. The van der Waals surface area contributed by atoms with Crippen molar-refractivity contribution >= 4 is 45.9 Å². The summed E-state index contributed by atoms with van der Waals surface area (Å²) in [5.41, 5.74) is 0.564. The molecule has 2 aromatic heterocycles. The number of anilines is 1. The van der Waals surface area contributed by atoms with Crippen molar-refractivity contribution in [3.05, 3.63) is 100 Å². The number of benzene rings is 2. The van der Waals surface area contributed by atoms with Crippen LogP contribution in [0.1, 0.15) is 55.1 Å². The van der Waals surface area contributed by atoms with E-state index in [1.807, 2.05) is 24.3 Å². The molecular formula is C34H34N8O5. The maximum absolute atomic E-state index is 13.5. The van der Waals surface area contributed by atoms with Gasteiger partial charge in [0.1, 0.15) is 5.54 Å². The first-order valence-electron chi connectivity index (χ1n) is 15.4. The number of piperidine rings is 1. The number of imide groups is 1. The first-order chi connectivity index (χ1) is 22.6. The molecule has 2 aliphatic rings. The van der Waals surface area contributed by atoms with Crippen LogP contribution in [0, 0.1) is 6.57 Å². The highest BCUT2D eigenvalue weighted by molar-refractivity contribution is 6.08. The monoisotopic (exact) mass is 634 g/mol. The Morgan fingerprint density at radius 1 is 1.02 bits per heavy atom. The Morgan fingerprint density at radius 2 is 1.77 bits per heavy atom. The number of likely N-dealkylation sites (tertiary alicyclic amines) is 1. The maximum atomic E-state index is 13.5. The highest BCUT2D eigenvalue weighted by Gasteiger charge is 2.33. The largest absolute Gasteiger partial charge is 0.338 e. The van der Waals surface area contributed by atoms with E-state index in [4.69, 9.17) is 6.57 Å². The molecule has 47 heavy (non-hydrogen) atoms. The highest BCUT2D eigenvalue weighted by atomic mass is 16.2. The summed E-state index contributed by atoms with van der Waals surface area (Å²) in [5, 5.41) is 11.1. The van der Waals surface area contributed by atoms with Crippen LogP contribution in [0.3, 0.4) is 0 Å². The molecule has 4 aromatic rings. The summed E-state index contributed by atoms with van der Waals surface area (Å²) < 4.78 is 3.14. The van der Waals surface area contributed by atoms with Crippen LogP contribution < -0.4 is 16.2 Å². The number of hydrogen-bond donors (Lipinski definition) is 2. The minimum absolute atomic E-state index is 0.111. The average Bonchev–Trinajstić information content (AvgIpc) is 3.58. The molecule has 2 saturated heterocycles. The van der Waals surface area contributed by atoms with Gasteiger partial charge in [0.05, 0.1) is 24.9 Å². The van der Waals surface area contributed by atoms with Crippen molar-refractivity contribution < 1.29 is 19.2 Å². The van der Waals surface area contributed by atoms with Crippen molar-refractivity contribution in [1.82, 2.24) is 29.5 Å². The van der Waals surface area contributed by atoms with Gasteiger partial charge in [-0.25, -0.2) is 9.64 Å². The summed E-state index contributed by atoms with van der Waals surface area (Å²) in [4.78, 5) is 70.6. The number of carbonyl (C=O) groups excluding carboxylic acids is 4. The Labute approximate surface area is 270 Å². The van der Waals surface area contributed by atoms with Crippen LogP contribution in [0.2, 0.25) is 0 Å². The van der Waals surface area contributed by atoms with Crippen molar-refractivity contribution in [3.63, 3.8) is 0 Å². The van der Waals surface area contributed by atoms with E-state index in [9.17, 15) is 24.0 Å². The molecule has 0 atom stereocenters. The van der Waals surface area contributed by atoms with Gasteiger partial charge in [0.2, 0.25) is 5.91 Å². The summed E-state index contributed by atoms with van der Waals surface area (Å²) in [6, 6.07) is 13.6. The summed E-state index contributed by atoms with van der Waals surface area (Å²) in [5.74, 6) is -0.865. The molecule has 2 N–H and O–H groups in total. The van der Waals surface area contributed by atoms with Gasteiger partial charge in [-0.05, 0) is 49.6 Å². The van der Waals surface area contributed by atoms with Crippen LogP contribution in [-0.2, 0) is 21.7 Å². The molecule has 0 spiro atoms. The normalized spacial score (nSPS) is 15.8. The molecule has 0 bridgehead atoms. The van der Waals surface area contributed by atoms with E-state index >= 15 is 0 Å². The fourth-order valence-electron chi connectivity index (χ4n) is 6.06. The second-order valence-electron chi connectivity index (χ2n) is 12.3. The van der Waals surface area contributed by atoms with Gasteiger partial charge < -0.3 is 19.7 Å². The molecule has 240 valence electrons. The maximum Gasteiger partial charge on any atom is 0.324 e. The molecule has 2 aliphatic heterocycles. The number of nitrogens with one attached hydrogen (secondary N) is 2. The summed E-state index contributed by atoms with van der Waals surface area (Å²) in [7, 11) is 0. The third-order valence-electron chi connectivity index (χ3n) is 8.93. The minimum atomic E-state index is -1.14. The molecule has 0 unspecified atom stereocenters. The van der Waals surface area contributed by atoms with Gasteiger partial charge in [-0.2, -0.15) is 5.10 Å². The van der Waals surface area contributed by atoms with Gasteiger partial charge in [-0.1, -0.05) is 36.4 Å². The van der Waals surface area contributed by atoms with Crippen molar-refractivity contribution in [2.75, 3.05) is 25.0 Å². The zero-order valence-corrected chi connectivity index (χ0v) is 26.1. The number of aromatic nitrogens is 3. The van der Waals surface area contributed by atoms with Crippen LogP contribution in [0.15, 0.2) is 71.9 Å². The van der Waals surface area contributed by atoms with Crippen LogP contribution in [0.25, 0.3) is 15.6 Å². The van der Waals surface area contributed by atoms with Gasteiger partial charge in [-0.15, -0.1) is 0 Å². The summed E-state index contributed by atoms with van der Waals surface area (Å²) in [6.07, 6.45) is 6.09. The lowest BCUT2D eigenvalue weighted by Crippen LogP contribution is -2.49. The third kappa shape index (κ3) is 6.09. The van der Waals surface area contributed by atoms with E-state index in [1.165, 1.54) is 15.8 Å². The highest BCUT2D eigenvalue weighted by Crippen LogP contribution is 2.33. The van der Waals surface area contributed by atoms with Crippen LogP contribution >= 0.6 is 0 Å². The molecule has 0 saturated carbocycles. The van der Waals surface area contributed by atoms with Crippen molar-refractivity contribution in [2.45, 2.75) is 51.2 Å². The Balaban J connectivity index is 1.09. The second-order valence-corrected chi connectivity index (χ2v) is 12.3. The molecule has 2 aromatic carbocycles. The Hall–Kier alpha value is -5.77. The molecule has 2 fully saturated rings. The standard InChI is InChI=1S/C34H34N8O5/c1-34(2,32(46)37-28-11-10-27(35-3)25-8-4-5-9-26(25)28)42-21-23(19-36-42)30(44)39-16-12-24(13-17-39)41-15-6-7-22(31(41)45)20-40-18-14-29(43)38-33(40)47/h4-11,15,19,21,24H,12-14,16-18,20H2,1-2H3,(H,37,46)(H,38,43,47). The SMILES string of the molecule is [C-]#[N+]c1ccc(NC(=O)C(C)(C)n2cc(C(=O)N3CCC(n4cccc(CN5CCC(=O)NC5=O)c4=O)CC3)cn2)c2ccccc12. The number of urea groups is 1. The fraction of sp³-hybridized carbons (Fsp3) is 0.324. The summed E-state index contributed by atoms with van der Waals surface area (Å²) in [6.45, 7) is 12.1. The Bertz CT molecular complexity index is 2000. The fourth-order valence-corrected chi connectivity index (χ4v) is 6.06. The Kier molecular flexibility index (Phi) is 8.34. The zero-order chi connectivity index (χ0) is 33.3. The van der Waals surface area contributed by atoms with Gasteiger partial charge in [0.25, 0.3) is 17.4 Å². The average molecular weight is 635 g/mol. The molecule has 4 heterocycles. The lowest BCUT2D eigenvalue weighted by atomic mass is 10.0. The predicted molar refractivity (Wildman–Crippen MR) is 174 cm³/mol. The van der Waals surface area contributed by atoms with E-state index in [0.29, 0.717) is 48.4 Å². The number of pyridine rings is 1. The molecule has 6 rings (SSSR count). The van der Waals surface area contributed by atoms with Gasteiger partial charge in [-0.3, -0.25) is 29.2 Å². The van der Waals surface area contributed by atoms with Gasteiger partial charge in [0, 0.05) is 55.7 Å². The smallest absolute Gasteiger partial charge is 0.324 e. The quantitative estimate of drug-likeness (QED) is 0.294. The summed E-state index contributed by atoms with van der Waals surface area (Å²) >= 11 is 0. The van der Waals surface area contributed by atoms with E-state index in [-0.39, 0.29) is 48.8 Å². The van der Waals surface area contributed by atoms with Crippen LogP contribution in [0.4, 0.5) is 16.2 Å². The number of amides is 5. The number of fused-ring (bicyclic) bond motifs is 1. The first kappa shape index (κ1) is 31.2. The van der Waals surface area contributed by atoms with E-state index in [2.05, 4.69) is 20.6 Å². The van der Waals surface area contributed by atoms with E-state index in [1.54, 1.807) is 60.0 Å².